The maximum absolute atomic E-state index is 12.7. The van der Waals surface area contributed by atoms with E-state index in [1.165, 1.54) is 5.56 Å². The summed E-state index contributed by atoms with van der Waals surface area (Å²) in [5.74, 6) is 0.524. The van der Waals surface area contributed by atoms with Crippen LogP contribution in [-0.2, 0) is 4.79 Å². The van der Waals surface area contributed by atoms with Gasteiger partial charge in [-0.25, -0.2) is 0 Å². The maximum Gasteiger partial charge on any atom is 0.227 e. The van der Waals surface area contributed by atoms with Crippen molar-refractivity contribution in [1.29, 1.82) is 0 Å². The van der Waals surface area contributed by atoms with Crippen LogP contribution in [0.15, 0.2) is 28.7 Å². The lowest BCUT2D eigenvalue weighted by atomic mass is 9.96. The minimum absolute atomic E-state index is 0. The lowest BCUT2D eigenvalue weighted by Crippen LogP contribution is -2.42. The Morgan fingerprint density at radius 3 is 2.86 bits per heavy atom. The molecule has 3 nitrogen and oxygen atoms in total. The van der Waals surface area contributed by atoms with Gasteiger partial charge in [0.15, 0.2) is 0 Å². The first-order chi connectivity index (χ1) is 9.75. The molecule has 0 bridgehead atoms. The Kier molecular flexibility index (Phi) is 6.08. The van der Waals surface area contributed by atoms with E-state index in [9.17, 15) is 4.79 Å². The Morgan fingerprint density at radius 1 is 1.29 bits per heavy atom. The van der Waals surface area contributed by atoms with Crippen LogP contribution >= 0.6 is 28.3 Å². The van der Waals surface area contributed by atoms with Gasteiger partial charge in [0.25, 0.3) is 0 Å². The fourth-order valence-electron chi connectivity index (χ4n) is 3.39. The predicted molar refractivity (Wildman–Crippen MR) is 90.7 cm³/mol. The molecule has 2 fully saturated rings. The van der Waals surface area contributed by atoms with Crippen molar-refractivity contribution >= 4 is 34.2 Å². The second kappa shape index (κ2) is 7.61. The molecule has 1 amide bonds. The molecule has 2 saturated heterocycles. The van der Waals surface area contributed by atoms with Gasteiger partial charge >= 0.3 is 0 Å². The fourth-order valence-corrected chi connectivity index (χ4v) is 3.80. The summed E-state index contributed by atoms with van der Waals surface area (Å²) in [4.78, 5) is 14.9. The Labute approximate surface area is 141 Å². The SMILES string of the molecule is Cl.O=C(C1CCCNC1)N1CCCC1c1cccc(Br)c1. The molecule has 1 N–H and O–H groups in total. The van der Waals surface area contributed by atoms with Crippen molar-refractivity contribution < 1.29 is 4.79 Å². The van der Waals surface area contributed by atoms with E-state index in [0.717, 1.165) is 49.8 Å². The molecular formula is C16H22BrClN2O. The number of hydrogen-bond donors (Lipinski definition) is 1. The number of carbonyl (C=O) groups is 1. The fraction of sp³-hybridized carbons (Fsp3) is 0.562. The molecule has 3 rings (SSSR count). The number of nitrogens with zero attached hydrogens (tertiary/aromatic N) is 1. The average Bonchev–Trinajstić information content (AvgIpc) is 2.97. The van der Waals surface area contributed by atoms with Crippen molar-refractivity contribution in [3.63, 3.8) is 0 Å². The standard InChI is InChI=1S/C16H21BrN2O.ClH/c17-14-6-1-4-12(10-14)15-7-3-9-19(15)16(20)13-5-2-8-18-11-13;/h1,4,6,10,13,15,18H,2-3,5,7-9,11H2;1H. The van der Waals surface area contributed by atoms with E-state index in [-0.39, 0.29) is 24.4 Å². The van der Waals surface area contributed by atoms with Crippen LogP contribution in [0, 0.1) is 5.92 Å². The minimum atomic E-state index is 0. The predicted octanol–water partition coefficient (Wildman–Crippen LogP) is 3.53. The van der Waals surface area contributed by atoms with Crippen molar-refractivity contribution in [1.82, 2.24) is 10.2 Å². The quantitative estimate of drug-likeness (QED) is 0.860. The first-order valence-electron chi connectivity index (χ1n) is 7.52. The summed E-state index contributed by atoms with van der Waals surface area (Å²) < 4.78 is 1.09. The molecule has 0 aromatic heterocycles. The minimum Gasteiger partial charge on any atom is -0.335 e. The molecule has 1 aromatic rings. The van der Waals surface area contributed by atoms with Crippen LogP contribution in [0.1, 0.15) is 37.3 Å². The highest BCUT2D eigenvalue weighted by atomic mass is 79.9. The van der Waals surface area contributed by atoms with E-state index in [1.54, 1.807) is 0 Å². The van der Waals surface area contributed by atoms with Gasteiger partial charge in [0.1, 0.15) is 0 Å². The number of halogens is 2. The summed E-state index contributed by atoms with van der Waals surface area (Å²) >= 11 is 3.53. The van der Waals surface area contributed by atoms with Crippen molar-refractivity contribution in [2.45, 2.75) is 31.7 Å². The van der Waals surface area contributed by atoms with Crippen molar-refractivity contribution in [3.05, 3.63) is 34.3 Å². The van der Waals surface area contributed by atoms with Crippen LogP contribution in [0.2, 0.25) is 0 Å². The van der Waals surface area contributed by atoms with Gasteiger partial charge in [-0.15, -0.1) is 12.4 Å². The van der Waals surface area contributed by atoms with E-state index in [1.807, 2.05) is 6.07 Å². The summed E-state index contributed by atoms with van der Waals surface area (Å²) in [6.07, 6.45) is 4.35. The van der Waals surface area contributed by atoms with Gasteiger partial charge in [0.2, 0.25) is 5.91 Å². The number of carbonyl (C=O) groups excluding carboxylic acids is 1. The Hall–Kier alpha value is -0.580. The number of likely N-dealkylation sites (tertiary alicyclic amines) is 1. The molecule has 0 radical (unpaired) electrons. The molecule has 2 atom stereocenters. The van der Waals surface area contributed by atoms with E-state index >= 15 is 0 Å². The maximum atomic E-state index is 12.7. The molecule has 0 aliphatic carbocycles. The molecule has 2 unspecified atom stereocenters. The topological polar surface area (TPSA) is 32.3 Å². The zero-order valence-corrected chi connectivity index (χ0v) is 14.5. The lowest BCUT2D eigenvalue weighted by molar-refractivity contribution is -0.137. The van der Waals surface area contributed by atoms with Gasteiger partial charge < -0.3 is 10.2 Å². The number of hydrogen-bond acceptors (Lipinski definition) is 2. The van der Waals surface area contributed by atoms with Crippen LogP contribution in [0.3, 0.4) is 0 Å². The van der Waals surface area contributed by atoms with E-state index in [4.69, 9.17) is 0 Å². The first kappa shape index (κ1) is 16.8. The summed E-state index contributed by atoms with van der Waals surface area (Å²) in [6, 6.07) is 8.65. The molecular weight excluding hydrogens is 352 g/mol. The second-order valence-corrected chi connectivity index (χ2v) is 6.70. The average molecular weight is 374 g/mol. The van der Waals surface area contributed by atoms with Crippen LogP contribution < -0.4 is 5.32 Å². The van der Waals surface area contributed by atoms with Gasteiger partial charge in [0.05, 0.1) is 12.0 Å². The summed E-state index contributed by atoms with van der Waals surface area (Å²) in [6.45, 7) is 2.81. The van der Waals surface area contributed by atoms with E-state index in [0.29, 0.717) is 5.91 Å². The van der Waals surface area contributed by atoms with Gasteiger partial charge in [-0.2, -0.15) is 0 Å². The van der Waals surface area contributed by atoms with Gasteiger partial charge in [-0.3, -0.25) is 4.79 Å². The number of rotatable bonds is 2. The van der Waals surface area contributed by atoms with E-state index < -0.39 is 0 Å². The van der Waals surface area contributed by atoms with Crippen LogP contribution in [-0.4, -0.2) is 30.4 Å². The van der Waals surface area contributed by atoms with Gasteiger partial charge in [-0.1, -0.05) is 28.1 Å². The molecule has 116 valence electrons. The van der Waals surface area contributed by atoms with Crippen LogP contribution in [0.5, 0.6) is 0 Å². The molecule has 2 aliphatic rings. The zero-order chi connectivity index (χ0) is 13.9. The zero-order valence-electron chi connectivity index (χ0n) is 12.1. The highest BCUT2D eigenvalue weighted by Crippen LogP contribution is 2.34. The van der Waals surface area contributed by atoms with E-state index in [2.05, 4.69) is 44.3 Å². The molecule has 21 heavy (non-hydrogen) atoms. The van der Waals surface area contributed by atoms with Crippen molar-refractivity contribution in [3.8, 4) is 0 Å². The number of nitrogens with one attached hydrogen (secondary N) is 1. The lowest BCUT2D eigenvalue weighted by Gasteiger charge is -2.31. The van der Waals surface area contributed by atoms with Crippen LogP contribution in [0.25, 0.3) is 0 Å². The second-order valence-electron chi connectivity index (χ2n) is 5.79. The molecule has 5 heteroatoms. The molecule has 1 aromatic carbocycles. The summed E-state index contributed by atoms with van der Waals surface area (Å²) in [7, 11) is 0. The number of piperidine rings is 1. The van der Waals surface area contributed by atoms with Gasteiger partial charge in [-0.05, 0) is 49.9 Å². The first-order valence-corrected chi connectivity index (χ1v) is 8.31. The van der Waals surface area contributed by atoms with Gasteiger partial charge in [0, 0.05) is 17.6 Å². The normalized spacial score (nSPS) is 25.5. The third kappa shape index (κ3) is 3.79. The molecule has 0 saturated carbocycles. The number of benzene rings is 1. The Morgan fingerprint density at radius 2 is 2.14 bits per heavy atom. The summed E-state index contributed by atoms with van der Waals surface area (Å²) in [5, 5.41) is 3.35. The Balaban J connectivity index is 0.00000161. The third-order valence-corrected chi connectivity index (χ3v) is 4.91. The summed E-state index contributed by atoms with van der Waals surface area (Å²) in [5.41, 5.74) is 1.26. The third-order valence-electron chi connectivity index (χ3n) is 4.42. The molecule has 0 spiro atoms. The highest BCUT2D eigenvalue weighted by Gasteiger charge is 2.34. The van der Waals surface area contributed by atoms with Crippen LogP contribution in [0.4, 0.5) is 0 Å². The highest BCUT2D eigenvalue weighted by molar-refractivity contribution is 9.10. The van der Waals surface area contributed by atoms with Crippen molar-refractivity contribution in [2.24, 2.45) is 5.92 Å². The monoisotopic (exact) mass is 372 g/mol. The molecule has 2 heterocycles. The molecule has 2 aliphatic heterocycles. The van der Waals surface area contributed by atoms with Crippen molar-refractivity contribution in [2.75, 3.05) is 19.6 Å². The largest absolute Gasteiger partial charge is 0.335 e. The number of amides is 1. The smallest absolute Gasteiger partial charge is 0.227 e. The Bertz CT molecular complexity index is 491.